The molecular weight excluding hydrogens is 395 g/mol. The van der Waals surface area contributed by atoms with Crippen LogP contribution in [-0.4, -0.2) is 38.8 Å². The number of anilines is 1. The molecule has 1 amide bonds. The zero-order valence-corrected chi connectivity index (χ0v) is 17.5. The molecule has 0 bridgehead atoms. The van der Waals surface area contributed by atoms with Gasteiger partial charge in [-0.2, -0.15) is 4.31 Å². The lowest BCUT2D eigenvalue weighted by atomic mass is 9.94. The summed E-state index contributed by atoms with van der Waals surface area (Å²) in [7, 11) is -2.50. The number of sulfonamides is 1. The molecule has 8 heteroatoms. The van der Waals surface area contributed by atoms with Gasteiger partial charge in [0.2, 0.25) is 10.0 Å². The van der Waals surface area contributed by atoms with E-state index in [1.54, 1.807) is 24.3 Å². The van der Waals surface area contributed by atoms with Crippen molar-refractivity contribution in [2.45, 2.75) is 25.2 Å². The third-order valence-corrected chi connectivity index (χ3v) is 6.84. The first kappa shape index (κ1) is 21.3. The molecule has 0 aliphatic carbocycles. The molecule has 1 fully saturated rings. The summed E-state index contributed by atoms with van der Waals surface area (Å²) in [6.07, 6.45) is 0.929. The Morgan fingerprint density at radius 3 is 2.31 bits per heavy atom. The minimum atomic E-state index is -4.03. The SMILES string of the molecule is COc1ccc(NC(=O)c2ccc(F)c(S(=O)(=O)N3C[C@@H](C)C[C@H](C)C3)c2)cc1. The predicted molar refractivity (Wildman–Crippen MR) is 109 cm³/mol. The molecule has 1 saturated heterocycles. The first-order chi connectivity index (χ1) is 13.7. The van der Waals surface area contributed by atoms with Crippen LogP contribution in [-0.2, 0) is 10.0 Å². The van der Waals surface area contributed by atoms with E-state index in [0.717, 1.165) is 18.6 Å². The minimum Gasteiger partial charge on any atom is -0.497 e. The van der Waals surface area contributed by atoms with Crippen molar-refractivity contribution in [3.05, 3.63) is 53.8 Å². The lowest BCUT2D eigenvalue weighted by molar-refractivity contribution is 0.102. The molecule has 6 nitrogen and oxygen atoms in total. The Labute approximate surface area is 170 Å². The summed E-state index contributed by atoms with van der Waals surface area (Å²) >= 11 is 0. The van der Waals surface area contributed by atoms with Crippen molar-refractivity contribution in [3.63, 3.8) is 0 Å². The van der Waals surface area contributed by atoms with E-state index in [9.17, 15) is 17.6 Å². The van der Waals surface area contributed by atoms with Crippen LogP contribution in [0.25, 0.3) is 0 Å². The Bertz CT molecular complexity index is 982. The fourth-order valence-electron chi connectivity index (χ4n) is 3.66. The van der Waals surface area contributed by atoms with Crippen molar-refractivity contribution >= 4 is 21.6 Å². The van der Waals surface area contributed by atoms with E-state index in [0.29, 0.717) is 24.5 Å². The van der Waals surface area contributed by atoms with Crippen LogP contribution >= 0.6 is 0 Å². The third kappa shape index (κ3) is 4.76. The Morgan fingerprint density at radius 1 is 1.10 bits per heavy atom. The lowest BCUT2D eigenvalue weighted by Crippen LogP contribution is -2.42. The number of ether oxygens (including phenoxy) is 1. The Hall–Kier alpha value is -2.45. The summed E-state index contributed by atoms with van der Waals surface area (Å²) in [6, 6.07) is 10.1. The second-order valence-electron chi connectivity index (χ2n) is 7.60. The highest BCUT2D eigenvalue weighted by Crippen LogP contribution is 2.28. The van der Waals surface area contributed by atoms with Gasteiger partial charge in [-0.1, -0.05) is 13.8 Å². The fraction of sp³-hybridized carbons (Fsp3) is 0.381. The normalized spacial score (nSPS) is 20.3. The highest BCUT2D eigenvalue weighted by Gasteiger charge is 2.33. The standard InChI is InChI=1S/C21H25FN2O4S/c1-14-10-15(2)13-24(12-14)29(26,27)20-11-16(4-9-19(20)22)21(25)23-17-5-7-18(28-3)8-6-17/h4-9,11,14-15H,10,12-13H2,1-3H3,(H,23,25)/t14-,15-/m0/s1. The number of carbonyl (C=O) groups is 1. The van der Waals surface area contributed by atoms with Gasteiger partial charge >= 0.3 is 0 Å². The van der Waals surface area contributed by atoms with E-state index in [2.05, 4.69) is 5.32 Å². The Balaban J connectivity index is 1.85. The molecule has 1 aliphatic heterocycles. The molecule has 0 radical (unpaired) electrons. The highest BCUT2D eigenvalue weighted by molar-refractivity contribution is 7.89. The monoisotopic (exact) mass is 420 g/mol. The van der Waals surface area contributed by atoms with Gasteiger partial charge in [-0.25, -0.2) is 12.8 Å². The molecule has 29 heavy (non-hydrogen) atoms. The third-order valence-electron chi connectivity index (χ3n) is 4.99. The highest BCUT2D eigenvalue weighted by atomic mass is 32.2. The first-order valence-corrected chi connectivity index (χ1v) is 10.9. The van der Waals surface area contributed by atoms with E-state index in [1.165, 1.54) is 17.5 Å². The number of benzene rings is 2. The van der Waals surface area contributed by atoms with Gasteiger partial charge < -0.3 is 10.1 Å². The van der Waals surface area contributed by atoms with Gasteiger partial charge in [-0.15, -0.1) is 0 Å². The maximum absolute atomic E-state index is 14.4. The maximum atomic E-state index is 14.4. The molecule has 0 aromatic heterocycles. The predicted octanol–water partition coefficient (Wildman–Crippen LogP) is 3.75. The molecule has 3 rings (SSSR count). The van der Waals surface area contributed by atoms with Gasteiger partial charge in [0.15, 0.2) is 0 Å². The van der Waals surface area contributed by atoms with Crippen LogP contribution in [0, 0.1) is 17.7 Å². The van der Waals surface area contributed by atoms with Crippen LogP contribution < -0.4 is 10.1 Å². The van der Waals surface area contributed by atoms with E-state index < -0.39 is 26.6 Å². The summed E-state index contributed by atoms with van der Waals surface area (Å²) in [6.45, 7) is 4.64. The molecule has 156 valence electrons. The smallest absolute Gasteiger partial charge is 0.255 e. The van der Waals surface area contributed by atoms with Crippen molar-refractivity contribution in [1.29, 1.82) is 0 Å². The van der Waals surface area contributed by atoms with Crippen molar-refractivity contribution < 1.29 is 22.3 Å². The van der Waals surface area contributed by atoms with Crippen molar-refractivity contribution in [3.8, 4) is 5.75 Å². The van der Waals surface area contributed by atoms with Crippen LogP contribution in [0.3, 0.4) is 0 Å². The van der Waals surface area contributed by atoms with Gasteiger partial charge in [0.05, 0.1) is 7.11 Å². The summed E-state index contributed by atoms with van der Waals surface area (Å²) < 4.78 is 46.9. The van der Waals surface area contributed by atoms with Gasteiger partial charge in [-0.05, 0) is 60.7 Å². The molecule has 2 atom stereocenters. The molecule has 0 saturated carbocycles. The number of halogens is 1. The largest absolute Gasteiger partial charge is 0.497 e. The molecule has 0 spiro atoms. The van der Waals surface area contributed by atoms with Crippen LogP contribution in [0.2, 0.25) is 0 Å². The Kier molecular flexibility index (Phi) is 6.24. The quantitative estimate of drug-likeness (QED) is 0.799. The van der Waals surface area contributed by atoms with E-state index in [4.69, 9.17) is 4.74 Å². The minimum absolute atomic E-state index is 0.0684. The van der Waals surface area contributed by atoms with Crippen molar-refractivity contribution in [1.82, 2.24) is 4.31 Å². The van der Waals surface area contributed by atoms with E-state index in [1.807, 2.05) is 13.8 Å². The van der Waals surface area contributed by atoms with Gasteiger partial charge in [0, 0.05) is 24.3 Å². The fourth-order valence-corrected chi connectivity index (χ4v) is 5.43. The first-order valence-electron chi connectivity index (χ1n) is 9.46. The molecule has 1 N–H and O–H groups in total. The second kappa shape index (κ2) is 8.51. The zero-order chi connectivity index (χ0) is 21.2. The average molecular weight is 421 g/mol. The number of nitrogens with one attached hydrogen (secondary N) is 1. The summed E-state index contributed by atoms with van der Waals surface area (Å²) in [4.78, 5) is 12.1. The summed E-state index contributed by atoms with van der Waals surface area (Å²) in [5, 5.41) is 2.68. The van der Waals surface area contributed by atoms with E-state index >= 15 is 0 Å². The molecule has 2 aromatic carbocycles. The van der Waals surface area contributed by atoms with Crippen molar-refractivity contribution in [2.75, 3.05) is 25.5 Å². The van der Waals surface area contributed by atoms with Crippen LogP contribution in [0.4, 0.5) is 10.1 Å². The number of hydrogen-bond acceptors (Lipinski definition) is 4. The number of nitrogens with zero attached hydrogens (tertiary/aromatic N) is 1. The van der Waals surface area contributed by atoms with Crippen molar-refractivity contribution in [2.24, 2.45) is 11.8 Å². The lowest BCUT2D eigenvalue weighted by Gasteiger charge is -2.34. The van der Waals surface area contributed by atoms with Crippen LogP contribution in [0.5, 0.6) is 5.75 Å². The molecule has 1 aliphatic rings. The van der Waals surface area contributed by atoms with Gasteiger partial charge in [0.1, 0.15) is 16.5 Å². The topological polar surface area (TPSA) is 75.7 Å². The number of amides is 1. The number of carbonyl (C=O) groups excluding carboxylic acids is 1. The summed E-state index contributed by atoms with van der Waals surface area (Å²) in [5.74, 6) is -0.358. The van der Waals surface area contributed by atoms with Crippen LogP contribution in [0.15, 0.2) is 47.4 Å². The molecule has 2 aromatic rings. The van der Waals surface area contributed by atoms with E-state index in [-0.39, 0.29) is 17.4 Å². The molecule has 0 unspecified atom stereocenters. The van der Waals surface area contributed by atoms with Crippen LogP contribution in [0.1, 0.15) is 30.6 Å². The molecular formula is C21H25FN2O4S. The number of hydrogen-bond donors (Lipinski definition) is 1. The maximum Gasteiger partial charge on any atom is 0.255 e. The number of methoxy groups -OCH3 is 1. The van der Waals surface area contributed by atoms with Gasteiger partial charge in [0.25, 0.3) is 5.91 Å². The summed E-state index contributed by atoms with van der Waals surface area (Å²) in [5.41, 5.74) is 0.585. The number of rotatable bonds is 5. The van der Waals surface area contributed by atoms with Gasteiger partial charge in [-0.3, -0.25) is 4.79 Å². The zero-order valence-electron chi connectivity index (χ0n) is 16.7. The average Bonchev–Trinajstić information content (AvgIpc) is 2.68. The molecule has 1 heterocycles. The Morgan fingerprint density at radius 2 is 1.72 bits per heavy atom. The second-order valence-corrected chi connectivity index (χ2v) is 9.50. The number of piperidine rings is 1.